The van der Waals surface area contributed by atoms with Crippen molar-refractivity contribution >= 4 is 21.4 Å². The monoisotopic (exact) mass is 392 g/mol. The van der Waals surface area contributed by atoms with Crippen molar-refractivity contribution in [2.75, 3.05) is 25.0 Å². The summed E-state index contributed by atoms with van der Waals surface area (Å²) in [7, 11) is -4.11. The fourth-order valence-electron chi connectivity index (χ4n) is 3.01. The molecule has 2 aromatic rings. The van der Waals surface area contributed by atoms with Crippen molar-refractivity contribution in [1.29, 1.82) is 0 Å². The number of rotatable bonds is 9. The number of non-ortho nitro benzene ring substituents is 1. The maximum Gasteiger partial charge on any atom is 0.270 e. The molecule has 0 radical (unpaired) electrons. The van der Waals surface area contributed by atoms with E-state index >= 15 is 0 Å². The molecule has 9 heteroatoms. The maximum absolute atomic E-state index is 11.9. The van der Waals surface area contributed by atoms with E-state index in [1.807, 2.05) is 30.3 Å². The van der Waals surface area contributed by atoms with E-state index in [9.17, 15) is 18.5 Å². The molecule has 8 nitrogen and oxygen atoms in total. The predicted molar refractivity (Wildman–Crippen MR) is 105 cm³/mol. The van der Waals surface area contributed by atoms with Gasteiger partial charge in [-0.25, -0.2) is 13.6 Å². The number of hydrogen-bond acceptors (Lipinski definition) is 6. The van der Waals surface area contributed by atoms with Crippen LogP contribution in [0, 0.1) is 10.1 Å². The summed E-state index contributed by atoms with van der Waals surface area (Å²) in [4.78, 5) is 12.3. The van der Waals surface area contributed by atoms with Crippen LogP contribution in [0.2, 0.25) is 0 Å². The van der Waals surface area contributed by atoms with Gasteiger partial charge in [-0.05, 0) is 24.7 Å². The van der Waals surface area contributed by atoms with Crippen molar-refractivity contribution in [1.82, 2.24) is 4.90 Å². The zero-order chi connectivity index (χ0) is 20.0. The number of benzene rings is 2. The minimum Gasteiger partial charge on any atom is -0.382 e. The molecule has 0 aliphatic rings. The molecule has 0 saturated carbocycles. The minimum atomic E-state index is -4.11. The lowest BCUT2D eigenvalue weighted by molar-refractivity contribution is -0.385. The number of hydrogen-bond donors (Lipinski definition) is 2. The van der Waals surface area contributed by atoms with Crippen molar-refractivity contribution < 1.29 is 13.3 Å². The molecule has 0 amide bonds. The molecule has 0 fully saturated rings. The van der Waals surface area contributed by atoms with Crippen molar-refractivity contribution in [2.45, 2.75) is 24.8 Å². The first-order valence-corrected chi connectivity index (χ1v) is 10.2. The Bertz CT molecular complexity index is 883. The third kappa shape index (κ3) is 5.25. The first kappa shape index (κ1) is 20.8. The van der Waals surface area contributed by atoms with Gasteiger partial charge in [0.1, 0.15) is 4.90 Å². The van der Waals surface area contributed by atoms with Gasteiger partial charge in [0, 0.05) is 18.7 Å². The van der Waals surface area contributed by atoms with E-state index in [1.54, 1.807) is 0 Å². The van der Waals surface area contributed by atoms with E-state index in [4.69, 9.17) is 5.14 Å². The molecule has 0 aliphatic carbocycles. The summed E-state index contributed by atoms with van der Waals surface area (Å²) in [6, 6.07) is 13.5. The van der Waals surface area contributed by atoms with Crippen molar-refractivity contribution in [3.8, 4) is 0 Å². The predicted octanol–water partition coefficient (Wildman–Crippen LogP) is 2.74. The van der Waals surface area contributed by atoms with Crippen molar-refractivity contribution in [2.24, 2.45) is 5.14 Å². The molecule has 0 unspecified atom stereocenters. The van der Waals surface area contributed by atoms with E-state index in [0.717, 1.165) is 24.7 Å². The molecule has 1 atom stereocenters. The second-order valence-corrected chi connectivity index (χ2v) is 7.54. The average molecular weight is 392 g/mol. The van der Waals surface area contributed by atoms with Crippen molar-refractivity contribution in [3.05, 3.63) is 64.2 Å². The van der Waals surface area contributed by atoms with E-state index in [0.29, 0.717) is 6.54 Å². The van der Waals surface area contributed by atoms with Gasteiger partial charge in [-0.3, -0.25) is 15.0 Å². The summed E-state index contributed by atoms with van der Waals surface area (Å²) in [6.45, 7) is 6.17. The van der Waals surface area contributed by atoms with Crippen LogP contribution in [0.25, 0.3) is 0 Å². The van der Waals surface area contributed by atoms with Crippen LogP contribution in [-0.2, 0) is 10.0 Å². The molecule has 0 saturated heterocycles. The van der Waals surface area contributed by atoms with Crippen LogP contribution in [0.1, 0.15) is 25.5 Å². The first-order chi connectivity index (χ1) is 12.8. The van der Waals surface area contributed by atoms with Gasteiger partial charge in [0.25, 0.3) is 5.69 Å². The Hall–Kier alpha value is -2.49. The molecule has 2 aromatic carbocycles. The fourth-order valence-corrected chi connectivity index (χ4v) is 3.74. The molecule has 3 N–H and O–H groups in total. The Morgan fingerprint density at radius 1 is 1.15 bits per heavy atom. The number of primary sulfonamides is 1. The molecule has 146 valence electrons. The van der Waals surface area contributed by atoms with E-state index < -0.39 is 14.9 Å². The van der Waals surface area contributed by atoms with Crippen LogP contribution in [0.5, 0.6) is 0 Å². The third-order valence-corrected chi connectivity index (χ3v) is 5.36. The molecule has 2 rings (SSSR count). The number of nitrogens with one attached hydrogen (secondary N) is 1. The highest BCUT2D eigenvalue weighted by atomic mass is 32.2. The number of nitro groups is 1. The van der Waals surface area contributed by atoms with Crippen LogP contribution < -0.4 is 10.5 Å². The van der Waals surface area contributed by atoms with Gasteiger partial charge in [0.05, 0.1) is 16.7 Å². The highest BCUT2D eigenvalue weighted by molar-refractivity contribution is 7.89. The number of nitro benzene ring substituents is 1. The number of nitrogens with two attached hydrogens (primary N) is 1. The standard InChI is InChI=1S/C18H24N4O4S/c1-3-21(4-2)17(14-8-6-5-7-9-14)13-20-16-11-10-15(22(23)24)12-18(16)27(19,25)26/h5-12,17,20H,3-4,13H2,1-2H3,(H2,19,25,26)/t17-/m0/s1. The highest BCUT2D eigenvalue weighted by Gasteiger charge is 2.22. The minimum absolute atomic E-state index is 0.00437. The van der Waals surface area contributed by atoms with Crippen molar-refractivity contribution in [3.63, 3.8) is 0 Å². The second kappa shape index (κ2) is 8.94. The van der Waals surface area contributed by atoms with Gasteiger partial charge in [0.15, 0.2) is 0 Å². The lowest BCUT2D eigenvalue weighted by Gasteiger charge is -2.30. The SMILES string of the molecule is CCN(CC)[C@@H](CNc1ccc([N+](=O)[O-])cc1S(N)(=O)=O)c1ccccc1. The molecule has 0 aliphatic heterocycles. The smallest absolute Gasteiger partial charge is 0.270 e. The molecule has 0 spiro atoms. The van der Waals surface area contributed by atoms with E-state index in [-0.39, 0.29) is 22.3 Å². The molecular formula is C18H24N4O4S. The van der Waals surface area contributed by atoms with E-state index in [1.165, 1.54) is 12.1 Å². The Morgan fingerprint density at radius 2 is 1.78 bits per heavy atom. The van der Waals surface area contributed by atoms with Gasteiger partial charge in [-0.1, -0.05) is 44.2 Å². The summed E-state index contributed by atoms with van der Waals surface area (Å²) in [5.74, 6) is 0. The number of sulfonamides is 1. The zero-order valence-electron chi connectivity index (χ0n) is 15.3. The Balaban J connectivity index is 2.35. The van der Waals surface area contributed by atoms with Gasteiger partial charge in [0.2, 0.25) is 10.0 Å². The molecule has 0 aromatic heterocycles. The first-order valence-electron chi connectivity index (χ1n) is 8.62. The van der Waals surface area contributed by atoms with Crippen LogP contribution in [-0.4, -0.2) is 37.9 Å². The zero-order valence-corrected chi connectivity index (χ0v) is 16.1. The topological polar surface area (TPSA) is 119 Å². The van der Waals surface area contributed by atoms with Gasteiger partial charge in [-0.2, -0.15) is 0 Å². The van der Waals surface area contributed by atoms with Crippen LogP contribution in [0.15, 0.2) is 53.4 Å². The Labute approximate surface area is 159 Å². The summed E-state index contributed by atoms with van der Waals surface area (Å²) < 4.78 is 23.8. The van der Waals surface area contributed by atoms with E-state index in [2.05, 4.69) is 24.1 Å². The average Bonchev–Trinajstić information content (AvgIpc) is 2.65. The lowest BCUT2D eigenvalue weighted by Crippen LogP contribution is -2.33. The van der Waals surface area contributed by atoms with Crippen LogP contribution >= 0.6 is 0 Å². The second-order valence-electron chi connectivity index (χ2n) is 6.01. The highest BCUT2D eigenvalue weighted by Crippen LogP contribution is 2.27. The lowest BCUT2D eigenvalue weighted by atomic mass is 10.0. The summed E-state index contributed by atoms with van der Waals surface area (Å²) in [6.07, 6.45) is 0. The molecule has 27 heavy (non-hydrogen) atoms. The number of likely N-dealkylation sites (N-methyl/N-ethyl adjacent to an activating group) is 1. The normalized spacial score (nSPS) is 12.7. The number of anilines is 1. The number of nitrogens with zero attached hydrogens (tertiary/aromatic N) is 2. The largest absolute Gasteiger partial charge is 0.382 e. The summed E-state index contributed by atoms with van der Waals surface area (Å²) in [5, 5.41) is 19.3. The summed E-state index contributed by atoms with van der Waals surface area (Å²) >= 11 is 0. The Kier molecular flexibility index (Phi) is 6.89. The molecule has 0 heterocycles. The quantitative estimate of drug-likeness (QED) is 0.500. The fraction of sp³-hybridized carbons (Fsp3) is 0.333. The maximum atomic E-state index is 11.9. The molecule has 0 bridgehead atoms. The molecular weight excluding hydrogens is 368 g/mol. The van der Waals surface area contributed by atoms with Crippen LogP contribution in [0.3, 0.4) is 0 Å². The Morgan fingerprint density at radius 3 is 2.30 bits per heavy atom. The van der Waals surface area contributed by atoms with Crippen LogP contribution in [0.4, 0.5) is 11.4 Å². The van der Waals surface area contributed by atoms with Gasteiger partial charge in [-0.15, -0.1) is 0 Å². The summed E-state index contributed by atoms with van der Waals surface area (Å²) in [5.41, 5.74) is 1.01. The third-order valence-electron chi connectivity index (χ3n) is 4.41. The van der Waals surface area contributed by atoms with Gasteiger partial charge >= 0.3 is 0 Å². The van der Waals surface area contributed by atoms with Gasteiger partial charge < -0.3 is 5.32 Å².